The van der Waals surface area contributed by atoms with Crippen LogP contribution in [0.3, 0.4) is 0 Å². The summed E-state index contributed by atoms with van der Waals surface area (Å²) in [5.41, 5.74) is -0.427. The SMILES string of the molecule is CC(C)(C)OC(=O)N1CC2C[C@@H](C#N)C[C@@H]2C1. The molecule has 2 fully saturated rings. The molecule has 17 heavy (non-hydrogen) atoms. The largest absolute Gasteiger partial charge is 0.444 e. The molecule has 1 aliphatic carbocycles. The summed E-state index contributed by atoms with van der Waals surface area (Å²) in [5, 5.41) is 8.89. The predicted molar refractivity (Wildman–Crippen MR) is 63.1 cm³/mol. The number of nitrogens with zero attached hydrogens (tertiary/aromatic N) is 2. The smallest absolute Gasteiger partial charge is 0.410 e. The summed E-state index contributed by atoms with van der Waals surface area (Å²) < 4.78 is 5.36. The van der Waals surface area contributed by atoms with Gasteiger partial charge in [-0.2, -0.15) is 5.26 Å². The summed E-state index contributed by atoms with van der Waals surface area (Å²) in [7, 11) is 0. The standard InChI is InChI=1S/C13H20N2O2/c1-13(2,3)17-12(16)15-7-10-4-9(6-14)5-11(10)8-15/h9-11H,4-5,7-8H2,1-3H3/t9-,10+,11?/m0/s1. The number of fused-ring (bicyclic) bond motifs is 1. The van der Waals surface area contributed by atoms with Crippen LogP contribution in [0.15, 0.2) is 0 Å². The van der Waals surface area contributed by atoms with Crippen LogP contribution in [0.25, 0.3) is 0 Å². The maximum atomic E-state index is 11.9. The van der Waals surface area contributed by atoms with E-state index in [-0.39, 0.29) is 12.0 Å². The molecule has 0 aromatic heterocycles. The fourth-order valence-corrected chi connectivity index (χ4v) is 2.88. The number of carbonyl (C=O) groups excluding carboxylic acids is 1. The van der Waals surface area contributed by atoms with Gasteiger partial charge < -0.3 is 9.64 Å². The highest BCUT2D eigenvalue weighted by Crippen LogP contribution is 2.41. The minimum absolute atomic E-state index is 0.200. The quantitative estimate of drug-likeness (QED) is 0.649. The molecule has 4 heteroatoms. The van der Waals surface area contributed by atoms with Gasteiger partial charge in [0, 0.05) is 19.0 Å². The van der Waals surface area contributed by atoms with E-state index in [9.17, 15) is 4.79 Å². The zero-order valence-electron chi connectivity index (χ0n) is 10.8. The first-order chi connectivity index (χ1) is 7.89. The fraction of sp³-hybridized carbons (Fsp3) is 0.846. The Kier molecular flexibility index (Phi) is 3.03. The van der Waals surface area contributed by atoms with Crippen LogP contribution in [0.4, 0.5) is 4.79 Å². The second kappa shape index (κ2) is 4.21. The summed E-state index contributed by atoms with van der Waals surface area (Å²) in [5.74, 6) is 1.21. The number of rotatable bonds is 0. The highest BCUT2D eigenvalue weighted by atomic mass is 16.6. The second-order valence-corrected chi connectivity index (χ2v) is 6.20. The molecule has 0 aromatic rings. The number of nitriles is 1. The molecule has 1 saturated carbocycles. The predicted octanol–water partition coefficient (Wildman–Crippen LogP) is 2.40. The van der Waals surface area contributed by atoms with Gasteiger partial charge in [0.1, 0.15) is 5.60 Å². The van der Waals surface area contributed by atoms with E-state index in [4.69, 9.17) is 10.00 Å². The lowest BCUT2D eigenvalue weighted by Gasteiger charge is -2.25. The molecule has 1 saturated heterocycles. The Morgan fingerprint density at radius 1 is 1.29 bits per heavy atom. The molecule has 1 amide bonds. The number of hydrogen-bond donors (Lipinski definition) is 0. The lowest BCUT2D eigenvalue weighted by atomic mass is 10.0. The van der Waals surface area contributed by atoms with Crippen LogP contribution in [0.1, 0.15) is 33.6 Å². The molecule has 4 nitrogen and oxygen atoms in total. The van der Waals surface area contributed by atoms with Gasteiger partial charge in [-0.05, 0) is 45.4 Å². The van der Waals surface area contributed by atoms with Gasteiger partial charge in [0.15, 0.2) is 0 Å². The van der Waals surface area contributed by atoms with E-state index >= 15 is 0 Å². The van der Waals surface area contributed by atoms with Gasteiger partial charge in [-0.1, -0.05) is 0 Å². The first-order valence-electron chi connectivity index (χ1n) is 6.26. The average Bonchev–Trinajstić information content (AvgIpc) is 2.70. The van der Waals surface area contributed by atoms with Crippen molar-refractivity contribution in [2.45, 2.75) is 39.2 Å². The molecule has 0 bridgehead atoms. The van der Waals surface area contributed by atoms with Crippen LogP contribution in [-0.4, -0.2) is 29.7 Å². The van der Waals surface area contributed by atoms with Crippen molar-refractivity contribution in [2.75, 3.05) is 13.1 Å². The van der Waals surface area contributed by atoms with Crippen molar-refractivity contribution in [2.24, 2.45) is 17.8 Å². The molecule has 0 radical (unpaired) electrons. The maximum absolute atomic E-state index is 11.9. The van der Waals surface area contributed by atoms with Crippen molar-refractivity contribution >= 4 is 6.09 Å². The molecule has 3 atom stereocenters. The third-order valence-corrected chi connectivity index (χ3v) is 3.59. The molecule has 1 aliphatic heterocycles. The van der Waals surface area contributed by atoms with Crippen molar-refractivity contribution < 1.29 is 9.53 Å². The third kappa shape index (κ3) is 2.71. The van der Waals surface area contributed by atoms with Crippen LogP contribution in [0, 0.1) is 29.1 Å². The van der Waals surface area contributed by atoms with Crippen LogP contribution in [-0.2, 0) is 4.74 Å². The lowest BCUT2D eigenvalue weighted by molar-refractivity contribution is 0.0279. The van der Waals surface area contributed by atoms with Gasteiger partial charge in [0.2, 0.25) is 0 Å². The van der Waals surface area contributed by atoms with E-state index in [2.05, 4.69) is 6.07 Å². The normalized spacial score (nSPS) is 32.1. The van der Waals surface area contributed by atoms with Gasteiger partial charge in [0.05, 0.1) is 6.07 Å². The van der Waals surface area contributed by atoms with Crippen molar-refractivity contribution in [3.8, 4) is 6.07 Å². The molecule has 2 rings (SSSR count). The number of hydrogen-bond acceptors (Lipinski definition) is 3. The topological polar surface area (TPSA) is 53.3 Å². The molecule has 1 unspecified atom stereocenters. The van der Waals surface area contributed by atoms with Crippen LogP contribution < -0.4 is 0 Å². The number of carbonyl (C=O) groups is 1. The summed E-state index contributed by atoms with van der Waals surface area (Å²) >= 11 is 0. The summed E-state index contributed by atoms with van der Waals surface area (Å²) in [6.07, 6.45) is 1.68. The minimum Gasteiger partial charge on any atom is -0.444 e. The highest BCUT2D eigenvalue weighted by molar-refractivity contribution is 5.68. The van der Waals surface area contributed by atoms with Gasteiger partial charge in [-0.15, -0.1) is 0 Å². The van der Waals surface area contributed by atoms with Crippen LogP contribution >= 0.6 is 0 Å². The summed E-state index contributed by atoms with van der Waals surface area (Å²) in [6.45, 7) is 7.17. The molecule has 0 N–H and O–H groups in total. The zero-order chi connectivity index (χ0) is 12.6. The highest BCUT2D eigenvalue weighted by Gasteiger charge is 2.43. The van der Waals surface area contributed by atoms with E-state index in [0.29, 0.717) is 11.8 Å². The summed E-state index contributed by atoms with van der Waals surface area (Å²) in [4.78, 5) is 13.7. The first-order valence-corrected chi connectivity index (χ1v) is 6.26. The van der Waals surface area contributed by atoms with Gasteiger partial charge in [0.25, 0.3) is 0 Å². The fourth-order valence-electron chi connectivity index (χ4n) is 2.88. The second-order valence-electron chi connectivity index (χ2n) is 6.20. The monoisotopic (exact) mass is 236 g/mol. The van der Waals surface area contributed by atoms with E-state index < -0.39 is 5.60 Å². The Hall–Kier alpha value is -1.24. The molecular weight excluding hydrogens is 216 g/mol. The van der Waals surface area contributed by atoms with Crippen LogP contribution in [0.5, 0.6) is 0 Å². The molecule has 0 spiro atoms. The van der Waals surface area contributed by atoms with E-state index in [0.717, 1.165) is 25.9 Å². The van der Waals surface area contributed by atoms with E-state index in [1.54, 1.807) is 4.90 Å². The average molecular weight is 236 g/mol. The van der Waals surface area contributed by atoms with Gasteiger partial charge in [-0.25, -0.2) is 4.79 Å². The van der Waals surface area contributed by atoms with Crippen molar-refractivity contribution in [3.63, 3.8) is 0 Å². The third-order valence-electron chi connectivity index (χ3n) is 3.59. The Morgan fingerprint density at radius 2 is 1.82 bits per heavy atom. The van der Waals surface area contributed by atoms with Gasteiger partial charge >= 0.3 is 6.09 Å². The minimum atomic E-state index is -0.427. The van der Waals surface area contributed by atoms with E-state index in [1.165, 1.54) is 0 Å². The van der Waals surface area contributed by atoms with Crippen molar-refractivity contribution in [3.05, 3.63) is 0 Å². The first kappa shape index (κ1) is 12.2. The zero-order valence-corrected chi connectivity index (χ0v) is 10.8. The van der Waals surface area contributed by atoms with E-state index in [1.807, 2.05) is 20.8 Å². The molecule has 94 valence electrons. The Bertz CT molecular complexity index is 339. The number of ether oxygens (including phenoxy) is 1. The number of amides is 1. The molecular formula is C13H20N2O2. The molecule has 0 aromatic carbocycles. The maximum Gasteiger partial charge on any atom is 0.410 e. The lowest BCUT2D eigenvalue weighted by Crippen LogP contribution is -2.36. The molecule has 1 heterocycles. The summed E-state index contributed by atoms with van der Waals surface area (Å²) in [6, 6.07) is 2.34. The van der Waals surface area contributed by atoms with Crippen molar-refractivity contribution in [1.82, 2.24) is 4.90 Å². The number of likely N-dealkylation sites (tertiary alicyclic amines) is 1. The Morgan fingerprint density at radius 3 is 2.24 bits per heavy atom. The molecule has 2 aliphatic rings. The van der Waals surface area contributed by atoms with Gasteiger partial charge in [-0.3, -0.25) is 0 Å². The van der Waals surface area contributed by atoms with Crippen molar-refractivity contribution in [1.29, 1.82) is 5.26 Å². The van der Waals surface area contributed by atoms with Crippen LogP contribution in [0.2, 0.25) is 0 Å². The Balaban J connectivity index is 1.89. The Labute approximate surface area is 103 Å².